The molecule has 1 aliphatic carbocycles. The normalized spacial score (nSPS) is 20.9. The highest BCUT2D eigenvalue weighted by Crippen LogP contribution is 2.27. The summed E-state index contributed by atoms with van der Waals surface area (Å²) in [7, 11) is 2.03. The van der Waals surface area contributed by atoms with Crippen molar-refractivity contribution in [2.75, 3.05) is 13.7 Å². The van der Waals surface area contributed by atoms with E-state index in [0.29, 0.717) is 18.7 Å². The Morgan fingerprint density at radius 2 is 2.17 bits per heavy atom. The predicted molar refractivity (Wildman–Crippen MR) is 88.4 cm³/mol. The smallest absolute Gasteiger partial charge is 0.255 e. The van der Waals surface area contributed by atoms with E-state index >= 15 is 0 Å². The monoisotopic (exact) mass is 333 g/mol. The van der Waals surface area contributed by atoms with Crippen molar-refractivity contribution in [2.24, 2.45) is 0 Å². The lowest BCUT2D eigenvalue weighted by Gasteiger charge is -2.27. The Hall–Kier alpha value is -2.02. The zero-order chi connectivity index (χ0) is 16.8. The van der Waals surface area contributed by atoms with Crippen LogP contribution in [0.2, 0.25) is 0 Å². The van der Waals surface area contributed by atoms with Crippen LogP contribution in [0.15, 0.2) is 24.5 Å². The maximum Gasteiger partial charge on any atom is 0.255 e. The third-order valence-corrected chi connectivity index (χ3v) is 4.60. The molecule has 24 heavy (non-hydrogen) atoms. The molecule has 0 atom stereocenters. The van der Waals surface area contributed by atoms with Crippen molar-refractivity contribution in [3.63, 3.8) is 0 Å². The molecule has 2 aromatic heterocycles. The minimum Gasteiger partial charge on any atom is -0.489 e. The highest BCUT2D eigenvalue weighted by molar-refractivity contribution is 5.17. The molecule has 0 saturated heterocycles. The number of hydrogen-bond donors (Lipinski definition) is 1. The van der Waals surface area contributed by atoms with Gasteiger partial charge in [-0.25, -0.2) is 9.67 Å². The van der Waals surface area contributed by atoms with Gasteiger partial charge in [-0.1, -0.05) is 5.21 Å². The van der Waals surface area contributed by atoms with Crippen LogP contribution in [0.25, 0.3) is 0 Å². The maximum absolute atomic E-state index is 13.3. The molecule has 1 N–H and O–H groups in total. The zero-order valence-corrected chi connectivity index (χ0v) is 14.0. The van der Waals surface area contributed by atoms with Gasteiger partial charge in [0.15, 0.2) is 5.75 Å². The lowest BCUT2D eigenvalue weighted by atomic mass is 9.91. The van der Waals surface area contributed by atoms with Crippen molar-refractivity contribution in [2.45, 2.75) is 50.6 Å². The van der Waals surface area contributed by atoms with Crippen molar-refractivity contribution in [1.82, 2.24) is 25.3 Å². The molecule has 1 fully saturated rings. The summed E-state index contributed by atoms with van der Waals surface area (Å²) in [6.45, 7) is 0.433. The van der Waals surface area contributed by atoms with Crippen LogP contribution in [-0.2, 0) is 6.42 Å². The third-order valence-electron chi connectivity index (χ3n) is 4.60. The Kier molecular flexibility index (Phi) is 5.74. The summed E-state index contributed by atoms with van der Waals surface area (Å²) in [5.74, 6) is -0.372. The highest BCUT2D eigenvalue weighted by atomic mass is 19.1. The molecule has 1 saturated carbocycles. The van der Waals surface area contributed by atoms with Crippen LogP contribution in [0.5, 0.6) is 5.75 Å². The first-order valence-electron chi connectivity index (χ1n) is 8.57. The molecule has 6 nitrogen and oxygen atoms in total. The van der Waals surface area contributed by atoms with E-state index in [1.54, 1.807) is 12.1 Å². The second-order valence-electron chi connectivity index (χ2n) is 6.23. The third kappa shape index (κ3) is 4.29. The summed E-state index contributed by atoms with van der Waals surface area (Å²) in [4.78, 5) is 3.56. The molecule has 0 aliphatic heterocycles. The largest absolute Gasteiger partial charge is 0.489 e. The summed E-state index contributed by atoms with van der Waals surface area (Å²) in [5, 5.41) is 11.9. The van der Waals surface area contributed by atoms with E-state index in [1.807, 2.05) is 17.9 Å². The van der Waals surface area contributed by atoms with Gasteiger partial charge in [-0.2, -0.15) is 4.39 Å². The van der Waals surface area contributed by atoms with E-state index in [0.717, 1.165) is 31.4 Å². The number of nitrogens with one attached hydrogen (secondary N) is 1. The van der Waals surface area contributed by atoms with E-state index in [4.69, 9.17) is 4.74 Å². The van der Waals surface area contributed by atoms with Gasteiger partial charge in [0.05, 0.1) is 18.3 Å². The number of halogens is 1. The van der Waals surface area contributed by atoms with Gasteiger partial charge in [0.1, 0.15) is 0 Å². The molecule has 130 valence electrons. The Morgan fingerprint density at radius 1 is 1.33 bits per heavy atom. The number of nitrogens with zero attached hydrogens (tertiary/aromatic N) is 4. The van der Waals surface area contributed by atoms with E-state index in [2.05, 4.69) is 20.6 Å². The van der Waals surface area contributed by atoms with Gasteiger partial charge >= 0.3 is 0 Å². The van der Waals surface area contributed by atoms with Gasteiger partial charge in [0.2, 0.25) is 0 Å². The lowest BCUT2D eigenvalue weighted by molar-refractivity contribution is 0.281. The van der Waals surface area contributed by atoms with Crippen LogP contribution >= 0.6 is 0 Å². The van der Waals surface area contributed by atoms with Gasteiger partial charge in [0, 0.05) is 18.4 Å². The van der Waals surface area contributed by atoms with E-state index in [1.165, 1.54) is 19.0 Å². The summed E-state index contributed by atoms with van der Waals surface area (Å²) < 4.78 is 20.7. The maximum atomic E-state index is 13.3. The first-order valence-corrected chi connectivity index (χ1v) is 8.57. The summed E-state index contributed by atoms with van der Waals surface area (Å²) >= 11 is 0. The van der Waals surface area contributed by atoms with E-state index in [-0.39, 0.29) is 5.75 Å². The second-order valence-corrected chi connectivity index (χ2v) is 6.23. The molecule has 0 unspecified atom stereocenters. The molecule has 0 aromatic carbocycles. The zero-order valence-electron chi connectivity index (χ0n) is 14.0. The molecule has 0 amide bonds. The van der Waals surface area contributed by atoms with Crippen molar-refractivity contribution in [3.8, 4) is 5.75 Å². The summed E-state index contributed by atoms with van der Waals surface area (Å²) in [6, 6.07) is 4.33. The van der Waals surface area contributed by atoms with Gasteiger partial charge in [-0.15, -0.1) is 5.10 Å². The second kappa shape index (κ2) is 8.19. The van der Waals surface area contributed by atoms with Crippen LogP contribution in [0.3, 0.4) is 0 Å². The molecule has 7 heteroatoms. The summed E-state index contributed by atoms with van der Waals surface area (Å²) in [5.41, 5.74) is 0.959. The van der Waals surface area contributed by atoms with Crippen LogP contribution in [0.1, 0.15) is 43.8 Å². The van der Waals surface area contributed by atoms with Crippen LogP contribution in [0, 0.1) is 5.95 Å². The molecule has 2 aromatic rings. The van der Waals surface area contributed by atoms with Crippen molar-refractivity contribution >= 4 is 0 Å². The first kappa shape index (κ1) is 16.8. The summed E-state index contributed by atoms with van der Waals surface area (Å²) in [6.07, 6.45) is 9.62. The minimum atomic E-state index is -0.569. The molecular formula is C17H24FN5O. The molecule has 3 rings (SSSR count). The van der Waals surface area contributed by atoms with Crippen molar-refractivity contribution in [3.05, 3.63) is 36.2 Å². The van der Waals surface area contributed by atoms with E-state index in [9.17, 15) is 4.39 Å². The lowest BCUT2D eigenvalue weighted by Crippen LogP contribution is -2.31. The van der Waals surface area contributed by atoms with Crippen molar-refractivity contribution < 1.29 is 9.13 Å². The van der Waals surface area contributed by atoms with Gasteiger partial charge in [-0.3, -0.25) is 0 Å². The molecule has 1 aliphatic rings. The molecule has 0 radical (unpaired) electrons. The van der Waals surface area contributed by atoms with Gasteiger partial charge < -0.3 is 10.1 Å². The van der Waals surface area contributed by atoms with Crippen molar-refractivity contribution in [1.29, 1.82) is 0 Å². The molecule has 0 spiro atoms. The Bertz CT molecular complexity index is 639. The van der Waals surface area contributed by atoms with Crippen LogP contribution in [-0.4, -0.2) is 39.7 Å². The Labute approximate surface area is 141 Å². The van der Waals surface area contributed by atoms with Crippen LogP contribution in [0.4, 0.5) is 4.39 Å². The van der Waals surface area contributed by atoms with E-state index < -0.39 is 5.95 Å². The number of pyridine rings is 1. The standard InChI is InChI=1S/C17H24FN5O/c1-19-13-6-8-15(9-7-13)23-12-14(21-22-23)4-3-11-24-16-5-2-10-20-17(16)18/h2,5,10,12-13,15,19H,3-4,6-9,11H2,1H3. The average molecular weight is 333 g/mol. The Morgan fingerprint density at radius 3 is 2.92 bits per heavy atom. The van der Waals surface area contributed by atoms with Gasteiger partial charge in [-0.05, 0) is 57.7 Å². The number of aromatic nitrogens is 4. The predicted octanol–water partition coefficient (Wildman–Crippen LogP) is 2.53. The number of ether oxygens (including phenoxy) is 1. The fourth-order valence-electron chi connectivity index (χ4n) is 3.15. The quantitative estimate of drug-likeness (QED) is 0.623. The number of aryl methyl sites for hydroxylation is 1. The average Bonchev–Trinajstić information content (AvgIpc) is 3.09. The van der Waals surface area contributed by atoms with Crippen LogP contribution < -0.4 is 10.1 Å². The SMILES string of the molecule is CNC1CCC(n2cc(CCCOc3cccnc3F)nn2)CC1. The Balaban J connectivity index is 1.42. The fourth-order valence-corrected chi connectivity index (χ4v) is 3.15. The molecule has 0 bridgehead atoms. The fraction of sp³-hybridized carbons (Fsp3) is 0.588. The number of rotatable bonds is 7. The topological polar surface area (TPSA) is 64.9 Å². The molecular weight excluding hydrogens is 309 g/mol. The highest BCUT2D eigenvalue weighted by Gasteiger charge is 2.22. The molecule has 2 heterocycles. The minimum absolute atomic E-state index is 0.197. The van der Waals surface area contributed by atoms with Gasteiger partial charge in [0.25, 0.3) is 5.95 Å². The first-order chi connectivity index (χ1) is 11.8. The number of hydrogen-bond acceptors (Lipinski definition) is 5.